The average Bonchev–Trinajstić information content (AvgIpc) is 3.11. The van der Waals surface area contributed by atoms with Gasteiger partial charge in [-0.15, -0.1) is 0 Å². The summed E-state index contributed by atoms with van der Waals surface area (Å²) < 4.78 is 7.79. The normalized spacial score (nSPS) is 22.0. The molecule has 2 aromatic carbocycles. The van der Waals surface area contributed by atoms with Crippen molar-refractivity contribution >= 4 is 16.7 Å². The van der Waals surface area contributed by atoms with Gasteiger partial charge in [-0.05, 0) is 48.4 Å². The van der Waals surface area contributed by atoms with Crippen molar-refractivity contribution in [2.24, 2.45) is 0 Å². The number of hydrogen-bond donors (Lipinski definition) is 0. The lowest BCUT2D eigenvalue weighted by atomic mass is 9.93. The van der Waals surface area contributed by atoms with E-state index in [2.05, 4.69) is 18.2 Å². The van der Waals surface area contributed by atoms with Gasteiger partial charge in [0.1, 0.15) is 11.6 Å². The Hall–Kier alpha value is -2.92. The summed E-state index contributed by atoms with van der Waals surface area (Å²) in [7, 11) is 0. The average molecular weight is 388 g/mol. The second-order valence-corrected chi connectivity index (χ2v) is 8.05. The van der Waals surface area contributed by atoms with Crippen molar-refractivity contribution < 1.29 is 9.53 Å². The molecule has 2 unspecified atom stereocenters. The summed E-state index contributed by atoms with van der Waals surface area (Å²) in [5.74, 6) is -0.0329. The standard InChI is InChI=1S/C24H24N2O3/c1-17(26-13-11-18-6-2-4-8-20(18)23(26)28)22(27)25-14-15-29-24(16-25)12-10-19-7-3-5-9-21(19)24/h2-9,11,13,17H,10,12,14-16H2,1H3. The minimum Gasteiger partial charge on any atom is -0.367 e. The molecule has 1 aliphatic carbocycles. The number of carbonyl (C=O) groups is 1. The molecule has 1 aromatic heterocycles. The fourth-order valence-corrected chi connectivity index (χ4v) is 4.83. The predicted octanol–water partition coefficient (Wildman–Crippen LogP) is 3.26. The van der Waals surface area contributed by atoms with Crippen LogP contribution in [-0.2, 0) is 21.6 Å². The summed E-state index contributed by atoms with van der Waals surface area (Å²) >= 11 is 0. The molecule has 5 nitrogen and oxygen atoms in total. The first kappa shape index (κ1) is 18.1. The molecular weight excluding hydrogens is 364 g/mol. The van der Waals surface area contributed by atoms with Crippen LogP contribution in [0.15, 0.2) is 65.6 Å². The van der Waals surface area contributed by atoms with Gasteiger partial charge in [0, 0.05) is 18.1 Å². The summed E-state index contributed by atoms with van der Waals surface area (Å²) in [5, 5.41) is 1.53. The summed E-state index contributed by atoms with van der Waals surface area (Å²) in [6, 6.07) is 17.2. The van der Waals surface area contributed by atoms with Crippen molar-refractivity contribution in [2.45, 2.75) is 31.4 Å². The van der Waals surface area contributed by atoms with Crippen LogP contribution in [0.5, 0.6) is 0 Å². The van der Waals surface area contributed by atoms with E-state index in [0.29, 0.717) is 25.1 Å². The zero-order chi connectivity index (χ0) is 20.0. The van der Waals surface area contributed by atoms with Crippen LogP contribution in [0.2, 0.25) is 0 Å². The Kier molecular flexibility index (Phi) is 4.28. The summed E-state index contributed by atoms with van der Waals surface area (Å²) in [6.45, 7) is 3.41. The first-order chi connectivity index (χ1) is 14.1. The monoisotopic (exact) mass is 388 g/mol. The van der Waals surface area contributed by atoms with Gasteiger partial charge in [0.15, 0.2) is 0 Å². The number of carbonyl (C=O) groups excluding carboxylic acids is 1. The lowest BCUT2D eigenvalue weighted by molar-refractivity contribution is -0.155. The van der Waals surface area contributed by atoms with E-state index < -0.39 is 11.6 Å². The molecule has 1 saturated heterocycles. The van der Waals surface area contributed by atoms with Crippen molar-refractivity contribution in [1.82, 2.24) is 9.47 Å². The third-order valence-corrected chi connectivity index (χ3v) is 6.42. The fourth-order valence-electron chi connectivity index (χ4n) is 4.83. The Morgan fingerprint density at radius 1 is 1.10 bits per heavy atom. The molecule has 2 aliphatic rings. The number of pyridine rings is 1. The molecule has 5 rings (SSSR count). The Morgan fingerprint density at radius 3 is 2.79 bits per heavy atom. The number of aromatic nitrogens is 1. The number of benzene rings is 2. The highest BCUT2D eigenvalue weighted by atomic mass is 16.5. The molecule has 0 saturated carbocycles. The Labute approximate surface area is 169 Å². The lowest BCUT2D eigenvalue weighted by Gasteiger charge is -2.42. The molecule has 0 radical (unpaired) electrons. The van der Waals surface area contributed by atoms with Gasteiger partial charge in [-0.1, -0.05) is 42.5 Å². The number of morpholine rings is 1. The van der Waals surface area contributed by atoms with E-state index in [1.54, 1.807) is 10.8 Å². The summed E-state index contributed by atoms with van der Waals surface area (Å²) in [4.78, 5) is 28.2. The first-order valence-corrected chi connectivity index (χ1v) is 10.2. The lowest BCUT2D eigenvalue weighted by Crippen LogP contribution is -2.52. The fraction of sp³-hybridized carbons (Fsp3) is 0.333. The van der Waals surface area contributed by atoms with Gasteiger partial charge < -0.3 is 14.2 Å². The zero-order valence-electron chi connectivity index (χ0n) is 16.5. The van der Waals surface area contributed by atoms with Crippen LogP contribution in [0.25, 0.3) is 10.8 Å². The molecule has 1 aliphatic heterocycles. The van der Waals surface area contributed by atoms with Crippen molar-refractivity contribution in [2.75, 3.05) is 19.7 Å². The third-order valence-electron chi connectivity index (χ3n) is 6.42. The van der Waals surface area contributed by atoms with Crippen LogP contribution in [0.1, 0.15) is 30.5 Å². The number of hydrogen-bond acceptors (Lipinski definition) is 3. The molecule has 148 valence electrons. The molecule has 1 amide bonds. The number of amides is 1. The molecule has 5 heteroatoms. The van der Waals surface area contributed by atoms with Crippen LogP contribution in [0, 0.1) is 0 Å². The van der Waals surface area contributed by atoms with Crippen LogP contribution in [0.4, 0.5) is 0 Å². The van der Waals surface area contributed by atoms with Crippen LogP contribution >= 0.6 is 0 Å². The molecule has 0 N–H and O–H groups in total. The van der Waals surface area contributed by atoms with E-state index in [-0.39, 0.29) is 11.5 Å². The molecule has 29 heavy (non-hydrogen) atoms. The van der Waals surface area contributed by atoms with Crippen LogP contribution < -0.4 is 5.56 Å². The van der Waals surface area contributed by atoms with E-state index in [1.807, 2.05) is 48.2 Å². The highest BCUT2D eigenvalue weighted by molar-refractivity contribution is 5.83. The minimum absolute atomic E-state index is 0.0329. The number of aryl methyl sites for hydroxylation is 1. The SMILES string of the molecule is CC(C(=O)N1CCOC2(CCc3ccccc32)C1)n1ccc2ccccc2c1=O. The topological polar surface area (TPSA) is 51.5 Å². The van der Waals surface area contributed by atoms with Gasteiger partial charge in [0.2, 0.25) is 5.91 Å². The highest BCUT2D eigenvalue weighted by Gasteiger charge is 2.44. The second-order valence-electron chi connectivity index (χ2n) is 8.05. The van der Waals surface area contributed by atoms with Gasteiger partial charge in [0.25, 0.3) is 5.56 Å². The molecule has 2 heterocycles. The molecular formula is C24H24N2O3. The van der Waals surface area contributed by atoms with E-state index in [1.165, 1.54) is 11.1 Å². The molecule has 1 spiro atoms. The molecule has 1 fully saturated rings. The third kappa shape index (κ3) is 2.88. The quantitative estimate of drug-likeness (QED) is 0.677. The van der Waals surface area contributed by atoms with E-state index in [4.69, 9.17) is 4.74 Å². The van der Waals surface area contributed by atoms with Crippen molar-refractivity contribution in [3.05, 3.63) is 82.3 Å². The highest BCUT2D eigenvalue weighted by Crippen LogP contribution is 2.42. The Balaban J connectivity index is 1.44. The number of rotatable bonds is 2. The Morgan fingerprint density at radius 2 is 1.90 bits per heavy atom. The van der Waals surface area contributed by atoms with Crippen LogP contribution in [0.3, 0.4) is 0 Å². The van der Waals surface area contributed by atoms with E-state index in [9.17, 15) is 9.59 Å². The molecule has 3 aromatic rings. The van der Waals surface area contributed by atoms with Crippen molar-refractivity contribution in [3.63, 3.8) is 0 Å². The maximum absolute atomic E-state index is 13.3. The predicted molar refractivity (Wildman–Crippen MR) is 112 cm³/mol. The van der Waals surface area contributed by atoms with Gasteiger partial charge in [0.05, 0.1) is 13.2 Å². The van der Waals surface area contributed by atoms with Crippen molar-refractivity contribution in [3.8, 4) is 0 Å². The van der Waals surface area contributed by atoms with Crippen LogP contribution in [-0.4, -0.2) is 35.1 Å². The van der Waals surface area contributed by atoms with Gasteiger partial charge in [-0.25, -0.2) is 0 Å². The number of ether oxygens (including phenoxy) is 1. The largest absolute Gasteiger partial charge is 0.367 e. The first-order valence-electron chi connectivity index (χ1n) is 10.2. The smallest absolute Gasteiger partial charge is 0.259 e. The van der Waals surface area contributed by atoms with Gasteiger partial charge >= 0.3 is 0 Å². The maximum Gasteiger partial charge on any atom is 0.259 e. The summed E-state index contributed by atoms with van der Waals surface area (Å²) in [5.41, 5.74) is 1.96. The number of nitrogens with zero attached hydrogens (tertiary/aromatic N) is 2. The minimum atomic E-state index is -0.557. The molecule has 0 bridgehead atoms. The van der Waals surface area contributed by atoms with Gasteiger partial charge in [-0.2, -0.15) is 0 Å². The van der Waals surface area contributed by atoms with E-state index >= 15 is 0 Å². The molecule has 2 atom stereocenters. The summed E-state index contributed by atoms with van der Waals surface area (Å²) in [6.07, 6.45) is 3.59. The number of fused-ring (bicyclic) bond motifs is 3. The van der Waals surface area contributed by atoms with E-state index in [0.717, 1.165) is 18.2 Å². The Bertz CT molecular complexity index is 1150. The maximum atomic E-state index is 13.3. The second kappa shape index (κ2) is 6.85. The zero-order valence-corrected chi connectivity index (χ0v) is 16.5. The van der Waals surface area contributed by atoms with Crippen molar-refractivity contribution in [1.29, 1.82) is 0 Å². The van der Waals surface area contributed by atoms with Gasteiger partial charge in [-0.3, -0.25) is 9.59 Å².